The largest absolute Gasteiger partial charge is 0.379 e. The van der Waals surface area contributed by atoms with E-state index < -0.39 is 12.3 Å². The normalized spacial score (nSPS) is 19.4. The van der Waals surface area contributed by atoms with Crippen LogP contribution in [-0.4, -0.2) is 59.4 Å². The highest BCUT2D eigenvalue weighted by molar-refractivity contribution is 7.07. The van der Waals surface area contributed by atoms with Crippen molar-refractivity contribution in [2.45, 2.75) is 58.7 Å². The fourth-order valence-corrected chi connectivity index (χ4v) is 6.22. The summed E-state index contributed by atoms with van der Waals surface area (Å²) in [7, 11) is 0. The van der Waals surface area contributed by atoms with Gasteiger partial charge in [-0.15, -0.1) is 0 Å². The summed E-state index contributed by atoms with van der Waals surface area (Å²) >= 11 is 0. The number of fused-ring (bicyclic) bond motifs is 3. The van der Waals surface area contributed by atoms with Crippen LogP contribution < -0.4 is 5.46 Å². The van der Waals surface area contributed by atoms with Crippen molar-refractivity contribution in [1.82, 2.24) is 34.4 Å². The van der Waals surface area contributed by atoms with Gasteiger partial charge in [0.05, 0.1) is 11.1 Å². The molecular formula is C27H27BN8O. The lowest BCUT2D eigenvalue weighted by Crippen LogP contribution is -2.51. The van der Waals surface area contributed by atoms with Crippen LogP contribution >= 0.6 is 0 Å². The van der Waals surface area contributed by atoms with E-state index in [-0.39, 0.29) is 11.7 Å². The molecule has 1 aromatic carbocycles. The molecule has 0 radical (unpaired) electrons. The predicted molar refractivity (Wildman–Crippen MR) is 141 cm³/mol. The van der Waals surface area contributed by atoms with Gasteiger partial charge in [-0.1, -0.05) is 12.1 Å². The van der Waals surface area contributed by atoms with Crippen LogP contribution in [0.3, 0.4) is 0 Å². The fraction of sp³-hybridized carbons (Fsp3) is 0.370. The second kappa shape index (κ2) is 8.56. The van der Waals surface area contributed by atoms with Gasteiger partial charge >= 0.3 is 6.71 Å². The highest BCUT2D eigenvalue weighted by atomic mass is 16.1. The quantitative estimate of drug-likeness (QED) is 0.402. The molecule has 10 heteroatoms. The fourth-order valence-electron chi connectivity index (χ4n) is 6.22. The van der Waals surface area contributed by atoms with E-state index in [1.165, 1.54) is 0 Å². The van der Waals surface area contributed by atoms with Crippen LogP contribution in [-0.2, 0) is 16.9 Å². The van der Waals surface area contributed by atoms with E-state index in [4.69, 9.17) is 4.98 Å². The second-order valence-electron chi connectivity index (χ2n) is 10.1. The van der Waals surface area contributed by atoms with Gasteiger partial charge in [0.25, 0.3) is 0 Å². The molecule has 4 aromatic rings. The summed E-state index contributed by atoms with van der Waals surface area (Å²) in [6, 6.07) is 6.13. The minimum atomic E-state index is -0.765. The van der Waals surface area contributed by atoms with Crippen molar-refractivity contribution < 1.29 is 4.79 Å². The molecule has 0 saturated carbocycles. The van der Waals surface area contributed by atoms with Crippen LogP contribution in [0.2, 0.25) is 0 Å². The molecule has 5 heterocycles. The Hall–Kier alpha value is -3.97. The number of benzene rings is 1. The summed E-state index contributed by atoms with van der Waals surface area (Å²) < 4.78 is 2.04. The van der Waals surface area contributed by atoms with Crippen LogP contribution in [0.25, 0.3) is 33.8 Å². The summed E-state index contributed by atoms with van der Waals surface area (Å²) in [4.78, 5) is 38.9. The third-order valence-corrected chi connectivity index (χ3v) is 7.82. The lowest BCUT2D eigenvalue weighted by Gasteiger charge is -2.38. The summed E-state index contributed by atoms with van der Waals surface area (Å²) in [5.41, 5.74) is 4.76. The van der Waals surface area contributed by atoms with E-state index in [0.717, 1.165) is 53.0 Å². The van der Waals surface area contributed by atoms with Crippen molar-refractivity contribution >= 4 is 29.0 Å². The van der Waals surface area contributed by atoms with E-state index in [1.54, 1.807) is 18.7 Å². The molecule has 3 aromatic heterocycles. The summed E-state index contributed by atoms with van der Waals surface area (Å²) in [5.74, 6) is 3.71. The first-order chi connectivity index (χ1) is 17.9. The molecule has 1 spiro atoms. The van der Waals surface area contributed by atoms with Gasteiger partial charge in [-0.2, -0.15) is 0 Å². The number of imidazole rings is 1. The smallest absolute Gasteiger partial charge is 0.309 e. The highest BCUT2D eigenvalue weighted by Gasteiger charge is 2.59. The molecule has 1 atom stereocenters. The minimum absolute atomic E-state index is 0.00176. The topological polar surface area (TPSA) is 113 Å². The van der Waals surface area contributed by atoms with Crippen LogP contribution in [0, 0.1) is 18.2 Å². The molecule has 37 heavy (non-hydrogen) atoms. The molecular weight excluding hydrogens is 463 g/mol. The highest BCUT2D eigenvalue weighted by Crippen LogP contribution is 2.45. The van der Waals surface area contributed by atoms with E-state index in [1.807, 2.05) is 23.6 Å². The Bertz CT molecular complexity index is 1590. The molecule has 0 aliphatic carbocycles. The van der Waals surface area contributed by atoms with Gasteiger partial charge in [-0.25, -0.2) is 30.2 Å². The van der Waals surface area contributed by atoms with Crippen molar-refractivity contribution in [3.63, 3.8) is 0 Å². The lowest BCUT2D eigenvalue weighted by molar-refractivity contribution is -0.123. The van der Waals surface area contributed by atoms with E-state index >= 15 is 0 Å². The molecule has 184 valence electrons. The monoisotopic (exact) mass is 490 g/mol. The maximum Gasteiger partial charge on any atom is 0.379 e. The zero-order chi connectivity index (χ0) is 25.9. The van der Waals surface area contributed by atoms with Crippen molar-refractivity contribution in [3.05, 3.63) is 48.3 Å². The molecule has 2 aliphatic rings. The van der Waals surface area contributed by atoms with Crippen LogP contribution in [0.1, 0.15) is 45.0 Å². The molecule has 6 rings (SSSR count). The summed E-state index contributed by atoms with van der Waals surface area (Å²) in [5, 5.41) is 9.93. The molecule has 0 bridgehead atoms. The average Bonchev–Trinajstić information content (AvgIpc) is 3.58. The maximum atomic E-state index is 13.7. The Morgan fingerprint density at radius 1 is 1.16 bits per heavy atom. The SMILES string of the molecule is CCn1c(-c2cnc(C)nc2)nc2c(-c3ccc4c(c3)C3(CCCN3C(C)C)C(=O)B4C#N)ncnc21. The van der Waals surface area contributed by atoms with Gasteiger partial charge in [0, 0.05) is 36.5 Å². The number of nitrogens with zero attached hydrogens (tertiary/aromatic N) is 8. The number of carbonyl (C=O) groups excluding carboxylic acids is 1. The van der Waals surface area contributed by atoms with Crippen molar-refractivity contribution in [1.29, 1.82) is 5.26 Å². The second-order valence-corrected chi connectivity index (χ2v) is 10.1. The van der Waals surface area contributed by atoms with Crippen molar-refractivity contribution in [2.75, 3.05) is 6.54 Å². The molecule has 1 unspecified atom stereocenters. The number of rotatable bonds is 4. The number of hydrogen-bond acceptors (Lipinski definition) is 8. The molecule has 1 saturated heterocycles. The lowest BCUT2D eigenvalue weighted by atomic mass is 9.45. The number of aromatic nitrogens is 6. The number of nitriles is 1. The van der Waals surface area contributed by atoms with Gasteiger partial charge in [0.15, 0.2) is 5.65 Å². The van der Waals surface area contributed by atoms with Gasteiger partial charge < -0.3 is 9.36 Å². The Labute approximate surface area is 215 Å². The molecule has 0 amide bonds. The first kappa shape index (κ1) is 23.4. The molecule has 2 aliphatic heterocycles. The number of likely N-dealkylation sites (tertiary alicyclic amines) is 1. The molecule has 1 fully saturated rings. The zero-order valence-electron chi connectivity index (χ0n) is 21.4. The van der Waals surface area contributed by atoms with Crippen molar-refractivity contribution in [3.8, 4) is 28.6 Å². The maximum absolute atomic E-state index is 13.7. The predicted octanol–water partition coefficient (Wildman–Crippen LogP) is 2.86. The molecule has 9 nitrogen and oxygen atoms in total. The Balaban J connectivity index is 1.56. The van der Waals surface area contributed by atoms with Gasteiger partial charge in [0.1, 0.15) is 34.9 Å². The van der Waals surface area contributed by atoms with Gasteiger partial charge in [0.2, 0.25) is 0 Å². The third kappa shape index (κ3) is 3.27. The number of carbonyl (C=O) groups is 1. The first-order valence-corrected chi connectivity index (χ1v) is 12.8. The van der Waals surface area contributed by atoms with E-state index in [0.29, 0.717) is 23.6 Å². The van der Waals surface area contributed by atoms with Crippen molar-refractivity contribution in [2.24, 2.45) is 0 Å². The minimum Gasteiger partial charge on any atom is -0.309 e. The zero-order valence-corrected chi connectivity index (χ0v) is 21.4. The first-order valence-electron chi connectivity index (χ1n) is 12.8. The molecule has 0 N–H and O–H groups in total. The Morgan fingerprint density at radius 3 is 2.65 bits per heavy atom. The van der Waals surface area contributed by atoms with Crippen LogP contribution in [0.15, 0.2) is 36.9 Å². The Morgan fingerprint density at radius 2 is 1.95 bits per heavy atom. The third-order valence-electron chi connectivity index (χ3n) is 7.82. The van der Waals surface area contributed by atoms with Gasteiger partial charge in [-0.05, 0) is 64.2 Å². The summed E-state index contributed by atoms with van der Waals surface area (Å²) in [6.07, 6.45) is 6.75. The average molecular weight is 490 g/mol. The standard InChI is InChI=1S/C27H27BN8O/c1-5-35-24(19-12-30-17(4)31-13-19)34-23-22(32-15-33-25(23)35)18-7-8-21-20(11-18)27(26(37)28(21)14-29)9-6-10-36(27)16(2)3/h7-8,11-13,15-16H,5-6,9-10H2,1-4H3. The van der Waals surface area contributed by atoms with Crippen LogP contribution in [0.5, 0.6) is 0 Å². The summed E-state index contributed by atoms with van der Waals surface area (Å²) in [6.45, 7) is 8.90. The van der Waals surface area contributed by atoms with E-state index in [2.05, 4.69) is 57.6 Å². The number of aryl methyl sites for hydroxylation is 2. The van der Waals surface area contributed by atoms with Gasteiger partial charge in [-0.3, -0.25) is 4.90 Å². The number of hydrogen-bond donors (Lipinski definition) is 0. The Kier molecular flexibility index (Phi) is 5.42. The van der Waals surface area contributed by atoms with E-state index in [9.17, 15) is 10.1 Å². The van der Waals surface area contributed by atoms with Crippen LogP contribution in [0.4, 0.5) is 0 Å².